The van der Waals surface area contributed by atoms with Gasteiger partial charge < -0.3 is 10.1 Å². The van der Waals surface area contributed by atoms with E-state index in [-0.39, 0.29) is 17.8 Å². The molecule has 0 spiro atoms. The van der Waals surface area contributed by atoms with Crippen LogP contribution in [0.4, 0.5) is 10.1 Å². The Balaban J connectivity index is 1.67. The first-order valence-corrected chi connectivity index (χ1v) is 8.03. The van der Waals surface area contributed by atoms with E-state index in [4.69, 9.17) is 4.74 Å². The number of ether oxygens (including phenoxy) is 1. The SMILES string of the molecule is Cc1c(F)cccc1NC(=O)[C@@H]1COCCN1CC1CCC1. The predicted octanol–water partition coefficient (Wildman–Crippen LogP) is 2.57. The van der Waals surface area contributed by atoms with Crippen molar-refractivity contribution >= 4 is 11.6 Å². The second-order valence-corrected chi connectivity index (χ2v) is 6.28. The average Bonchev–Trinajstić information content (AvgIpc) is 2.48. The molecular weight excluding hydrogens is 283 g/mol. The molecule has 120 valence electrons. The van der Waals surface area contributed by atoms with Crippen LogP contribution in [0.1, 0.15) is 24.8 Å². The standard InChI is InChI=1S/C17H23FN2O2/c1-12-14(18)6-3-7-15(12)19-17(21)16-11-22-9-8-20(16)10-13-4-2-5-13/h3,6-7,13,16H,2,4-5,8-11H2,1H3,(H,19,21)/t16-/m0/s1. The van der Waals surface area contributed by atoms with E-state index in [0.29, 0.717) is 30.4 Å². The number of hydrogen-bond acceptors (Lipinski definition) is 3. The van der Waals surface area contributed by atoms with E-state index >= 15 is 0 Å². The molecule has 2 fully saturated rings. The Morgan fingerprint density at radius 2 is 2.27 bits per heavy atom. The Bertz CT molecular complexity index is 545. The number of morpholine rings is 1. The Kier molecular flexibility index (Phi) is 4.74. The van der Waals surface area contributed by atoms with Gasteiger partial charge in [0.1, 0.15) is 11.9 Å². The smallest absolute Gasteiger partial charge is 0.244 e. The van der Waals surface area contributed by atoms with Gasteiger partial charge in [0.2, 0.25) is 5.91 Å². The van der Waals surface area contributed by atoms with Crippen molar-refractivity contribution in [2.24, 2.45) is 5.92 Å². The molecule has 1 saturated heterocycles. The summed E-state index contributed by atoms with van der Waals surface area (Å²) in [5, 5.41) is 2.86. The third kappa shape index (κ3) is 3.31. The summed E-state index contributed by atoms with van der Waals surface area (Å²) < 4.78 is 19.1. The Morgan fingerprint density at radius 3 is 3.00 bits per heavy atom. The van der Waals surface area contributed by atoms with Gasteiger partial charge in [-0.3, -0.25) is 9.69 Å². The van der Waals surface area contributed by atoms with Gasteiger partial charge in [0, 0.05) is 24.3 Å². The summed E-state index contributed by atoms with van der Waals surface area (Å²) in [7, 11) is 0. The molecule has 1 aliphatic carbocycles. The molecule has 1 saturated carbocycles. The van der Waals surface area contributed by atoms with E-state index in [1.807, 2.05) is 0 Å². The zero-order chi connectivity index (χ0) is 15.5. The molecule has 1 amide bonds. The molecule has 0 radical (unpaired) electrons. The second kappa shape index (κ2) is 6.75. The highest BCUT2D eigenvalue weighted by Gasteiger charge is 2.32. The summed E-state index contributed by atoms with van der Waals surface area (Å²) in [6.07, 6.45) is 3.82. The van der Waals surface area contributed by atoms with Crippen LogP contribution in [0, 0.1) is 18.7 Å². The molecule has 0 unspecified atom stereocenters. The summed E-state index contributed by atoms with van der Waals surface area (Å²) in [6, 6.07) is 4.46. The van der Waals surface area contributed by atoms with Gasteiger partial charge in [-0.25, -0.2) is 4.39 Å². The van der Waals surface area contributed by atoms with Crippen LogP contribution in [-0.2, 0) is 9.53 Å². The van der Waals surface area contributed by atoms with E-state index in [0.717, 1.165) is 13.1 Å². The zero-order valence-electron chi connectivity index (χ0n) is 13.0. The summed E-state index contributed by atoms with van der Waals surface area (Å²) >= 11 is 0. The third-order valence-corrected chi connectivity index (χ3v) is 4.78. The number of anilines is 1. The van der Waals surface area contributed by atoms with Gasteiger partial charge in [0.15, 0.2) is 0 Å². The normalized spacial score (nSPS) is 23.1. The Morgan fingerprint density at radius 1 is 1.45 bits per heavy atom. The van der Waals surface area contributed by atoms with Crippen molar-refractivity contribution in [1.82, 2.24) is 4.90 Å². The fraction of sp³-hybridized carbons (Fsp3) is 0.588. The van der Waals surface area contributed by atoms with Gasteiger partial charge >= 0.3 is 0 Å². The summed E-state index contributed by atoms with van der Waals surface area (Å²) in [6.45, 7) is 4.51. The summed E-state index contributed by atoms with van der Waals surface area (Å²) in [5.74, 6) is 0.307. The van der Waals surface area contributed by atoms with E-state index in [1.165, 1.54) is 25.3 Å². The fourth-order valence-corrected chi connectivity index (χ4v) is 3.06. The highest BCUT2D eigenvalue weighted by Crippen LogP contribution is 2.28. The summed E-state index contributed by atoms with van der Waals surface area (Å²) in [4.78, 5) is 14.8. The minimum Gasteiger partial charge on any atom is -0.378 e. The molecule has 1 aromatic rings. The van der Waals surface area contributed by atoms with E-state index in [1.54, 1.807) is 19.1 Å². The van der Waals surface area contributed by atoms with Crippen LogP contribution in [0.5, 0.6) is 0 Å². The van der Waals surface area contributed by atoms with E-state index < -0.39 is 0 Å². The number of hydrogen-bond donors (Lipinski definition) is 1. The number of benzene rings is 1. The van der Waals surface area contributed by atoms with Crippen molar-refractivity contribution in [2.75, 3.05) is 31.6 Å². The molecule has 0 bridgehead atoms. The maximum atomic E-state index is 13.6. The van der Waals surface area contributed by atoms with Gasteiger partial charge in [-0.05, 0) is 37.8 Å². The van der Waals surface area contributed by atoms with Crippen molar-refractivity contribution in [3.8, 4) is 0 Å². The first-order chi connectivity index (χ1) is 10.6. The Hall–Kier alpha value is -1.46. The molecule has 2 aliphatic rings. The minimum atomic E-state index is -0.302. The van der Waals surface area contributed by atoms with Crippen LogP contribution < -0.4 is 5.32 Å². The number of carbonyl (C=O) groups excluding carboxylic acids is 1. The van der Waals surface area contributed by atoms with Crippen molar-refractivity contribution in [3.63, 3.8) is 0 Å². The van der Waals surface area contributed by atoms with Gasteiger partial charge in [-0.2, -0.15) is 0 Å². The van der Waals surface area contributed by atoms with Gasteiger partial charge in [0.25, 0.3) is 0 Å². The average molecular weight is 306 g/mol. The highest BCUT2D eigenvalue weighted by molar-refractivity contribution is 5.95. The lowest BCUT2D eigenvalue weighted by Gasteiger charge is -2.39. The molecule has 3 rings (SSSR count). The molecule has 1 heterocycles. The lowest BCUT2D eigenvalue weighted by molar-refractivity contribution is -0.128. The van der Waals surface area contributed by atoms with Gasteiger partial charge in [-0.1, -0.05) is 12.5 Å². The van der Waals surface area contributed by atoms with E-state index in [2.05, 4.69) is 10.2 Å². The summed E-state index contributed by atoms with van der Waals surface area (Å²) in [5.41, 5.74) is 1.01. The van der Waals surface area contributed by atoms with Crippen molar-refractivity contribution < 1.29 is 13.9 Å². The molecule has 1 aromatic carbocycles. The quantitative estimate of drug-likeness (QED) is 0.929. The largest absolute Gasteiger partial charge is 0.378 e. The maximum absolute atomic E-state index is 13.6. The monoisotopic (exact) mass is 306 g/mol. The van der Waals surface area contributed by atoms with Crippen LogP contribution in [0.15, 0.2) is 18.2 Å². The molecule has 1 aliphatic heterocycles. The maximum Gasteiger partial charge on any atom is 0.244 e. The van der Waals surface area contributed by atoms with Crippen LogP contribution in [-0.4, -0.2) is 43.2 Å². The Labute approximate surface area is 130 Å². The fourth-order valence-electron chi connectivity index (χ4n) is 3.06. The second-order valence-electron chi connectivity index (χ2n) is 6.28. The molecule has 4 nitrogen and oxygen atoms in total. The van der Waals surface area contributed by atoms with Crippen LogP contribution >= 0.6 is 0 Å². The number of amides is 1. The van der Waals surface area contributed by atoms with Crippen LogP contribution in [0.25, 0.3) is 0 Å². The predicted molar refractivity (Wildman–Crippen MR) is 83.3 cm³/mol. The molecule has 5 heteroatoms. The van der Waals surface area contributed by atoms with Gasteiger partial charge in [-0.15, -0.1) is 0 Å². The molecule has 1 atom stereocenters. The third-order valence-electron chi connectivity index (χ3n) is 4.78. The van der Waals surface area contributed by atoms with Crippen molar-refractivity contribution in [3.05, 3.63) is 29.6 Å². The zero-order valence-corrected chi connectivity index (χ0v) is 13.0. The first kappa shape index (κ1) is 15.4. The topological polar surface area (TPSA) is 41.6 Å². The number of carbonyl (C=O) groups is 1. The lowest BCUT2D eigenvalue weighted by atomic mass is 9.84. The highest BCUT2D eigenvalue weighted by atomic mass is 19.1. The molecule has 0 aromatic heterocycles. The number of nitrogens with zero attached hydrogens (tertiary/aromatic N) is 1. The first-order valence-electron chi connectivity index (χ1n) is 8.03. The minimum absolute atomic E-state index is 0.104. The van der Waals surface area contributed by atoms with Crippen LogP contribution in [0.2, 0.25) is 0 Å². The van der Waals surface area contributed by atoms with Crippen LogP contribution in [0.3, 0.4) is 0 Å². The number of rotatable bonds is 4. The molecule has 1 N–H and O–H groups in total. The van der Waals surface area contributed by atoms with E-state index in [9.17, 15) is 9.18 Å². The number of nitrogens with one attached hydrogen (secondary N) is 1. The molecule has 22 heavy (non-hydrogen) atoms. The van der Waals surface area contributed by atoms with Crippen molar-refractivity contribution in [1.29, 1.82) is 0 Å². The van der Waals surface area contributed by atoms with Crippen molar-refractivity contribution in [2.45, 2.75) is 32.2 Å². The number of halogens is 1. The molecular formula is C17H23FN2O2. The van der Waals surface area contributed by atoms with Gasteiger partial charge in [0.05, 0.1) is 13.2 Å². The lowest BCUT2D eigenvalue weighted by Crippen LogP contribution is -2.53.